The van der Waals surface area contributed by atoms with E-state index in [4.69, 9.17) is 5.73 Å². The van der Waals surface area contributed by atoms with Crippen LogP contribution in [0.3, 0.4) is 0 Å². The number of rotatable bonds is 3. The molecule has 2 fully saturated rings. The molecule has 1 unspecified atom stereocenters. The minimum atomic E-state index is -0.0131. The molecule has 5 heteroatoms. The van der Waals surface area contributed by atoms with E-state index in [0.717, 1.165) is 25.7 Å². The van der Waals surface area contributed by atoms with Gasteiger partial charge in [-0.25, -0.2) is 0 Å². The highest BCUT2D eigenvalue weighted by molar-refractivity contribution is 5.82. The molecule has 2 aliphatic rings. The lowest BCUT2D eigenvalue weighted by atomic mass is 9.84. The summed E-state index contributed by atoms with van der Waals surface area (Å²) in [4.78, 5) is 22.8. The first-order chi connectivity index (χ1) is 8.13. The molecule has 2 rings (SSSR count). The van der Waals surface area contributed by atoms with Gasteiger partial charge in [-0.15, -0.1) is 0 Å². The molecule has 1 heterocycles. The molecule has 1 saturated carbocycles. The van der Waals surface area contributed by atoms with Crippen LogP contribution in [-0.2, 0) is 9.59 Å². The van der Waals surface area contributed by atoms with Crippen LogP contribution in [0.2, 0.25) is 0 Å². The van der Waals surface area contributed by atoms with Gasteiger partial charge in [0.25, 0.3) is 0 Å². The maximum atomic E-state index is 11.8. The second kappa shape index (κ2) is 5.49. The number of nitrogens with one attached hydrogen (secondary N) is 2. The molecule has 1 atom stereocenters. The fraction of sp³-hybridized carbons (Fsp3) is 0.833. The van der Waals surface area contributed by atoms with Gasteiger partial charge in [-0.1, -0.05) is 0 Å². The van der Waals surface area contributed by atoms with E-state index in [1.165, 1.54) is 0 Å². The quantitative estimate of drug-likeness (QED) is 0.643. The molecule has 0 aromatic carbocycles. The second-order valence-electron chi connectivity index (χ2n) is 5.26. The van der Waals surface area contributed by atoms with Gasteiger partial charge in [0.2, 0.25) is 11.8 Å². The Hall–Kier alpha value is -1.10. The zero-order valence-corrected chi connectivity index (χ0v) is 10.1. The molecule has 0 spiro atoms. The molecular formula is C12H21N3O2. The van der Waals surface area contributed by atoms with Gasteiger partial charge < -0.3 is 16.4 Å². The maximum absolute atomic E-state index is 11.8. The van der Waals surface area contributed by atoms with Crippen LogP contribution in [0.25, 0.3) is 0 Å². The van der Waals surface area contributed by atoms with Gasteiger partial charge in [0, 0.05) is 25.4 Å². The molecule has 2 amide bonds. The summed E-state index contributed by atoms with van der Waals surface area (Å²) in [5.41, 5.74) is 5.83. The Bertz CT molecular complexity index is 298. The molecule has 17 heavy (non-hydrogen) atoms. The van der Waals surface area contributed by atoms with Crippen molar-refractivity contribution in [2.75, 3.05) is 6.54 Å². The highest BCUT2D eigenvalue weighted by atomic mass is 16.2. The highest BCUT2D eigenvalue weighted by Crippen LogP contribution is 2.25. The van der Waals surface area contributed by atoms with Gasteiger partial charge in [0.15, 0.2) is 0 Å². The summed E-state index contributed by atoms with van der Waals surface area (Å²) < 4.78 is 0. The fourth-order valence-electron chi connectivity index (χ4n) is 2.65. The molecule has 5 nitrogen and oxygen atoms in total. The van der Waals surface area contributed by atoms with Crippen molar-refractivity contribution in [3.8, 4) is 0 Å². The van der Waals surface area contributed by atoms with Crippen LogP contribution < -0.4 is 16.4 Å². The van der Waals surface area contributed by atoms with Gasteiger partial charge in [-0.2, -0.15) is 0 Å². The van der Waals surface area contributed by atoms with Crippen molar-refractivity contribution in [2.45, 2.75) is 50.6 Å². The zero-order valence-electron chi connectivity index (χ0n) is 10.1. The Kier molecular flexibility index (Phi) is 3.99. The van der Waals surface area contributed by atoms with Crippen molar-refractivity contribution in [1.29, 1.82) is 0 Å². The lowest BCUT2D eigenvalue weighted by Crippen LogP contribution is -2.38. The van der Waals surface area contributed by atoms with Gasteiger partial charge in [-0.3, -0.25) is 9.59 Å². The third kappa shape index (κ3) is 3.70. The van der Waals surface area contributed by atoms with Crippen molar-refractivity contribution in [3.63, 3.8) is 0 Å². The summed E-state index contributed by atoms with van der Waals surface area (Å²) in [5, 5.41) is 5.63. The van der Waals surface area contributed by atoms with E-state index in [-0.39, 0.29) is 17.9 Å². The van der Waals surface area contributed by atoms with E-state index in [1.54, 1.807) is 0 Å². The van der Waals surface area contributed by atoms with E-state index >= 15 is 0 Å². The minimum Gasteiger partial charge on any atom is -0.354 e. The number of hydrogen-bond acceptors (Lipinski definition) is 3. The average molecular weight is 239 g/mol. The number of amides is 2. The molecule has 1 aliphatic heterocycles. The van der Waals surface area contributed by atoms with Crippen LogP contribution in [0.4, 0.5) is 0 Å². The Labute approximate surface area is 102 Å². The molecule has 0 radical (unpaired) electrons. The van der Waals surface area contributed by atoms with Crippen LogP contribution in [0, 0.1) is 5.92 Å². The first-order valence-corrected chi connectivity index (χ1v) is 6.45. The lowest BCUT2D eigenvalue weighted by Gasteiger charge is -2.25. The SMILES string of the molecule is NC1CCC(CC(=O)NC2CNC(=O)C2)CC1. The van der Waals surface area contributed by atoms with Crippen molar-refractivity contribution >= 4 is 11.8 Å². The van der Waals surface area contributed by atoms with Crippen LogP contribution >= 0.6 is 0 Å². The minimum absolute atomic E-state index is 0.0131. The predicted molar refractivity (Wildman–Crippen MR) is 64.1 cm³/mol. The molecule has 1 saturated heterocycles. The monoisotopic (exact) mass is 239 g/mol. The van der Waals surface area contributed by atoms with E-state index in [2.05, 4.69) is 10.6 Å². The van der Waals surface area contributed by atoms with Crippen LogP contribution in [0.5, 0.6) is 0 Å². The normalized spacial score (nSPS) is 33.2. The highest BCUT2D eigenvalue weighted by Gasteiger charge is 2.25. The summed E-state index contributed by atoms with van der Waals surface area (Å²) in [6, 6.07) is 0.312. The Morgan fingerprint density at radius 2 is 2.06 bits per heavy atom. The molecule has 4 N–H and O–H groups in total. The topological polar surface area (TPSA) is 84.2 Å². The predicted octanol–water partition coefficient (Wildman–Crippen LogP) is -0.101. The number of hydrogen-bond donors (Lipinski definition) is 3. The van der Waals surface area contributed by atoms with Gasteiger partial charge >= 0.3 is 0 Å². The standard InChI is InChI=1S/C12H21N3O2/c13-9-3-1-8(2-4-9)5-12(17)15-10-6-11(16)14-7-10/h8-10H,1-7,13H2,(H,14,16)(H,15,17). The molecular weight excluding hydrogens is 218 g/mol. The smallest absolute Gasteiger partial charge is 0.222 e. The molecule has 0 bridgehead atoms. The first kappa shape index (κ1) is 12.4. The van der Waals surface area contributed by atoms with Gasteiger partial charge in [-0.05, 0) is 31.6 Å². The molecule has 96 valence electrons. The van der Waals surface area contributed by atoms with Crippen molar-refractivity contribution in [1.82, 2.24) is 10.6 Å². The van der Waals surface area contributed by atoms with E-state index < -0.39 is 0 Å². The summed E-state index contributed by atoms with van der Waals surface area (Å²) in [7, 11) is 0. The third-order valence-corrected chi connectivity index (χ3v) is 3.71. The van der Waals surface area contributed by atoms with Gasteiger partial charge in [0.1, 0.15) is 0 Å². The number of nitrogens with two attached hydrogens (primary N) is 1. The third-order valence-electron chi connectivity index (χ3n) is 3.71. The Morgan fingerprint density at radius 3 is 2.65 bits per heavy atom. The van der Waals surface area contributed by atoms with Crippen LogP contribution in [-0.4, -0.2) is 30.4 Å². The summed E-state index contributed by atoms with van der Waals surface area (Å²) >= 11 is 0. The maximum Gasteiger partial charge on any atom is 0.222 e. The van der Waals surface area contributed by atoms with Gasteiger partial charge in [0.05, 0.1) is 6.04 Å². The van der Waals surface area contributed by atoms with E-state index in [9.17, 15) is 9.59 Å². The zero-order chi connectivity index (χ0) is 12.3. The van der Waals surface area contributed by atoms with Crippen LogP contribution in [0.15, 0.2) is 0 Å². The number of carbonyl (C=O) groups excluding carboxylic acids is 2. The van der Waals surface area contributed by atoms with E-state index in [0.29, 0.717) is 31.3 Å². The van der Waals surface area contributed by atoms with Crippen molar-refractivity contribution < 1.29 is 9.59 Å². The Morgan fingerprint density at radius 1 is 1.35 bits per heavy atom. The van der Waals surface area contributed by atoms with Crippen LogP contribution in [0.1, 0.15) is 38.5 Å². The Balaban J connectivity index is 1.68. The lowest BCUT2D eigenvalue weighted by molar-refractivity contribution is -0.122. The number of carbonyl (C=O) groups is 2. The molecule has 0 aromatic heterocycles. The second-order valence-corrected chi connectivity index (χ2v) is 5.26. The summed E-state index contributed by atoms with van der Waals surface area (Å²) in [6.07, 6.45) is 5.16. The molecule has 1 aliphatic carbocycles. The van der Waals surface area contributed by atoms with Crippen molar-refractivity contribution in [2.24, 2.45) is 11.7 Å². The van der Waals surface area contributed by atoms with Crippen molar-refractivity contribution in [3.05, 3.63) is 0 Å². The summed E-state index contributed by atoms with van der Waals surface area (Å²) in [6.45, 7) is 0.570. The van der Waals surface area contributed by atoms with E-state index in [1.807, 2.05) is 0 Å². The average Bonchev–Trinajstić information content (AvgIpc) is 2.67. The largest absolute Gasteiger partial charge is 0.354 e. The fourth-order valence-corrected chi connectivity index (χ4v) is 2.65. The first-order valence-electron chi connectivity index (χ1n) is 6.45. The summed E-state index contributed by atoms with van der Waals surface area (Å²) in [5.74, 6) is 0.575. The molecule has 0 aromatic rings.